The lowest BCUT2D eigenvalue weighted by Crippen LogP contribution is -1.78. The summed E-state index contributed by atoms with van der Waals surface area (Å²) < 4.78 is 6.20. The van der Waals surface area contributed by atoms with Gasteiger partial charge in [-0.15, -0.1) is 0 Å². The van der Waals surface area contributed by atoms with E-state index in [1.54, 1.807) is 0 Å². The topological polar surface area (TPSA) is 26.0 Å². The van der Waals surface area contributed by atoms with Gasteiger partial charge in [0.15, 0.2) is 3.77 Å². The van der Waals surface area contributed by atoms with Crippen molar-refractivity contribution >= 4 is 49.6 Å². The number of rotatable bonds is 1. The van der Waals surface area contributed by atoms with Crippen molar-refractivity contribution in [2.75, 3.05) is 0 Å². The first-order chi connectivity index (χ1) is 5.79. The predicted octanol–water partition coefficient (Wildman–Crippen LogP) is 3.33. The van der Waals surface area contributed by atoms with Crippen molar-refractivity contribution in [3.8, 4) is 0 Å². The number of halogens is 2. The van der Waals surface area contributed by atoms with E-state index < -0.39 is 0 Å². The SMILES string of the molecule is BrCc1cnc2oc(I)cc2c1. The van der Waals surface area contributed by atoms with Crippen LogP contribution in [0.25, 0.3) is 11.1 Å². The standard InChI is InChI=1S/C8H5BrINO/c9-3-5-1-6-2-7(10)12-8(6)11-4-5/h1-2,4H,3H2. The normalized spacial score (nSPS) is 10.8. The van der Waals surface area contributed by atoms with Gasteiger partial charge in [-0.05, 0) is 40.3 Å². The number of hydrogen-bond acceptors (Lipinski definition) is 2. The van der Waals surface area contributed by atoms with Gasteiger partial charge in [-0.3, -0.25) is 0 Å². The van der Waals surface area contributed by atoms with Crippen molar-refractivity contribution in [1.82, 2.24) is 4.98 Å². The highest BCUT2D eigenvalue weighted by atomic mass is 127. The fourth-order valence-corrected chi connectivity index (χ4v) is 1.87. The highest BCUT2D eigenvalue weighted by Gasteiger charge is 2.02. The van der Waals surface area contributed by atoms with Gasteiger partial charge in [0, 0.05) is 16.9 Å². The minimum absolute atomic E-state index is 0.712. The molecule has 0 saturated carbocycles. The molecule has 2 rings (SSSR count). The Bertz CT molecular complexity index is 412. The van der Waals surface area contributed by atoms with Crippen molar-refractivity contribution in [2.45, 2.75) is 5.33 Å². The second kappa shape index (κ2) is 3.33. The number of furan rings is 1. The van der Waals surface area contributed by atoms with Crippen LogP contribution in [0.2, 0.25) is 0 Å². The van der Waals surface area contributed by atoms with Crippen molar-refractivity contribution in [2.24, 2.45) is 0 Å². The number of fused-ring (bicyclic) bond motifs is 1. The van der Waals surface area contributed by atoms with Gasteiger partial charge in [0.1, 0.15) is 0 Å². The smallest absolute Gasteiger partial charge is 0.227 e. The van der Waals surface area contributed by atoms with E-state index in [-0.39, 0.29) is 0 Å². The molecule has 0 aliphatic rings. The zero-order valence-corrected chi connectivity index (χ0v) is 9.79. The van der Waals surface area contributed by atoms with Gasteiger partial charge < -0.3 is 4.42 Å². The Hall–Kier alpha value is -0.100. The maximum Gasteiger partial charge on any atom is 0.227 e. The third-order valence-electron chi connectivity index (χ3n) is 1.55. The molecular formula is C8H5BrINO. The first kappa shape index (κ1) is 8.50. The van der Waals surface area contributed by atoms with Crippen LogP contribution in [0.4, 0.5) is 0 Å². The first-order valence-corrected chi connectivity index (χ1v) is 5.59. The Morgan fingerprint density at radius 3 is 3.08 bits per heavy atom. The summed E-state index contributed by atoms with van der Waals surface area (Å²) in [5.74, 6) is 0. The fraction of sp³-hybridized carbons (Fsp3) is 0.125. The second-order valence-electron chi connectivity index (χ2n) is 2.42. The van der Waals surface area contributed by atoms with Gasteiger partial charge in [-0.2, -0.15) is 0 Å². The third-order valence-corrected chi connectivity index (χ3v) is 2.73. The molecule has 0 aliphatic heterocycles. The van der Waals surface area contributed by atoms with Crippen LogP contribution in [0.15, 0.2) is 22.7 Å². The van der Waals surface area contributed by atoms with E-state index in [9.17, 15) is 0 Å². The molecule has 0 bridgehead atoms. The average Bonchev–Trinajstić information content (AvgIpc) is 2.43. The molecule has 0 amide bonds. The number of nitrogens with zero attached hydrogens (tertiary/aromatic N) is 1. The summed E-state index contributed by atoms with van der Waals surface area (Å²) in [5.41, 5.74) is 1.88. The fourth-order valence-electron chi connectivity index (χ4n) is 1.02. The largest absolute Gasteiger partial charge is 0.432 e. The van der Waals surface area contributed by atoms with Gasteiger partial charge in [-0.1, -0.05) is 15.9 Å². The lowest BCUT2D eigenvalue weighted by Gasteiger charge is -1.91. The molecule has 0 atom stereocenters. The van der Waals surface area contributed by atoms with E-state index in [1.165, 1.54) is 5.56 Å². The van der Waals surface area contributed by atoms with Gasteiger partial charge in [0.2, 0.25) is 5.71 Å². The van der Waals surface area contributed by atoms with Crippen LogP contribution in [0.1, 0.15) is 5.56 Å². The molecule has 0 N–H and O–H groups in total. The Morgan fingerprint density at radius 2 is 2.33 bits per heavy atom. The second-order valence-corrected chi connectivity index (χ2v) is 4.05. The highest BCUT2D eigenvalue weighted by molar-refractivity contribution is 14.1. The van der Waals surface area contributed by atoms with Crippen LogP contribution < -0.4 is 0 Å². The zero-order chi connectivity index (χ0) is 8.55. The predicted molar refractivity (Wildman–Crippen MR) is 59.4 cm³/mol. The Kier molecular flexibility index (Phi) is 2.36. The molecule has 0 aromatic carbocycles. The van der Waals surface area contributed by atoms with Crippen LogP contribution in [0.3, 0.4) is 0 Å². The monoisotopic (exact) mass is 337 g/mol. The van der Waals surface area contributed by atoms with Gasteiger partial charge >= 0.3 is 0 Å². The molecule has 4 heteroatoms. The molecule has 62 valence electrons. The van der Waals surface area contributed by atoms with Crippen molar-refractivity contribution in [3.05, 3.63) is 27.7 Å². The molecule has 0 spiro atoms. The molecule has 2 heterocycles. The Morgan fingerprint density at radius 1 is 1.50 bits per heavy atom. The summed E-state index contributed by atoms with van der Waals surface area (Å²) in [6.07, 6.45) is 1.82. The maximum atomic E-state index is 5.33. The lowest BCUT2D eigenvalue weighted by molar-refractivity contribution is 0.572. The molecule has 0 unspecified atom stereocenters. The van der Waals surface area contributed by atoms with Gasteiger partial charge in [-0.25, -0.2) is 4.98 Å². The van der Waals surface area contributed by atoms with Crippen molar-refractivity contribution < 1.29 is 4.42 Å². The maximum absolute atomic E-state index is 5.33. The summed E-state index contributed by atoms with van der Waals surface area (Å²) in [5, 5.41) is 1.90. The zero-order valence-electron chi connectivity index (χ0n) is 6.05. The van der Waals surface area contributed by atoms with E-state index in [4.69, 9.17) is 4.42 Å². The quantitative estimate of drug-likeness (QED) is 0.589. The van der Waals surface area contributed by atoms with E-state index in [1.807, 2.05) is 12.3 Å². The summed E-state index contributed by atoms with van der Waals surface area (Å²) in [4.78, 5) is 4.17. The minimum Gasteiger partial charge on any atom is -0.432 e. The summed E-state index contributed by atoms with van der Waals surface area (Å²) in [7, 11) is 0. The molecule has 0 radical (unpaired) electrons. The number of hydrogen-bond donors (Lipinski definition) is 0. The van der Waals surface area contributed by atoms with Gasteiger partial charge in [0.25, 0.3) is 0 Å². The minimum atomic E-state index is 0.712. The third kappa shape index (κ3) is 1.50. The van der Waals surface area contributed by atoms with Crippen LogP contribution in [0, 0.1) is 3.77 Å². The summed E-state index contributed by atoms with van der Waals surface area (Å²) >= 11 is 5.52. The molecule has 0 saturated heterocycles. The molecule has 0 aliphatic carbocycles. The highest BCUT2D eigenvalue weighted by Crippen LogP contribution is 2.20. The van der Waals surface area contributed by atoms with Crippen LogP contribution in [-0.2, 0) is 5.33 Å². The molecule has 0 fully saturated rings. The number of aromatic nitrogens is 1. The van der Waals surface area contributed by atoms with E-state index in [2.05, 4.69) is 49.6 Å². The van der Waals surface area contributed by atoms with E-state index >= 15 is 0 Å². The molecular weight excluding hydrogens is 333 g/mol. The Labute approximate surface area is 91.6 Å². The lowest BCUT2D eigenvalue weighted by atomic mass is 10.2. The molecule has 2 aromatic heterocycles. The van der Waals surface area contributed by atoms with E-state index in [0.29, 0.717) is 5.71 Å². The molecule has 2 aromatic rings. The van der Waals surface area contributed by atoms with Crippen LogP contribution in [-0.4, -0.2) is 4.98 Å². The van der Waals surface area contributed by atoms with E-state index in [0.717, 1.165) is 14.5 Å². The molecule has 2 nitrogen and oxygen atoms in total. The van der Waals surface area contributed by atoms with Crippen molar-refractivity contribution in [1.29, 1.82) is 0 Å². The van der Waals surface area contributed by atoms with Crippen molar-refractivity contribution in [3.63, 3.8) is 0 Å². The van der Waals surface area contributed by atoms with Crippen LogP contribution >= 0.6 is 38.5 Å². The first-order valence-electron chi connectivity index (χ1n) is 3.39. The number of pyridine rings is 1. The average molecular weight is 338 g/mol. The molecule has 12 heavy (non-hydrogen) atoms. The summed E-state index contributed by atoms with van der Waals surface area (Å²) in [6.45, 7) is 0. The number of alkyl halides is 1. The van der Waals surface area contributed by atoms with Gasteiger partial charge in [0.05, 0.1) is 0 Å². The summed E-state index contributed by atoms with van der Waals surface area (Å²) in [6, 6.07) is 4.05. The Balaban J connectivity index is 2.66. The van der Waals surface area contributed by atoms with Crippen LogP contribution in [0.5, 0.6) is 0 Å².